The highest BCUT2D eigenvalue weighted by molar-refractivity contribution is 7.80. The van der Waals surface area contributed by atoms with Crippen molar-refractivity contribution in [1.82, 2.24) is 0 Å². The van der Waals surface area contributed by atoms with Gasteiger partial charge in [0.1, 0.15) is 4.99 Å². The van der Waals surface area contributed by atoms with E-state index >= 15 is 0 Å². The monoisotopic (exact) mass is 302 g/mol. The minimum Gasteiger partial charge on any atom is -0.389 e. The lowest BCUT2D eigenvalue weighted by molar-refractivity contribution is 0.912. The quantitative estimate of drug-likeness (QED) is 0.834. The summed E-state index contributed by atoms with van der Waals surface area (Å²) in [6.45, 7) is 0. The molecular formula is C16H15ClN2S. The van der Waals surface area contributed by atoms with Crippen LogP contribution in [0.3, 0.4) is 0 Å². The van der Waals surface area contributed by atoms with Gasteiger partial charge in [0, 0.05) is 16.9 Å². The van der Waals surface area contributed by atoms with Gasteiger partial charge in [-0.15, -0.1) is 0 Å². The van der Waals surface area contributed by atoms with Crippen LogP contribution in [0, 0.1) is 0 Å². The van der Waals surface area contributed by atoms with Crippen LogP contribution in [-0.2, 0) is 12.8 Å². The molecule has 0 unspecified atom stereocenters. The lowest BCUT2D eigenvalue weighted by atomic mass is 10.1. The van der Waals surface area contributed by atoms with E-state index in [2.05, 4.69) is 23.5 Å². The van der Waals surface area contributed by atoms with Gasteiger partial charge in [-0.1, -0.05) is 29.9 Å². The lowest BCUT2D eigenvalue weighted by Gasteiger charge is -2.10. The van der Waals surface area contributed by atoms with Crippen LogP contribution in [0.5, 0.6) is 0 Å². The highest BCUT2D eigenvalue weighted by atomic mass is 35.5. The molecule has 0 saturated carbocycles. The summed E-state index contributed by atoms with van der Waals surface area (Å²) < 4.78 is 0. The number of rotatable bonds is 3. The number of aryl methyl sites for hydroxylation is 2. The third-order valence-corrected chi connectivity index (χ3v) is 4.15. The molecule has 3 N–H and O–H groups in total. The molecule has 0 amide bonds. The molecule has 0 spiro atoms. The van der Waals surface area contributed by atoms with Gasteiger partial charge < -0.3 is 11.1 Å². The van der Waals surface area contributed by atoms with Crippen LogP contribution in [0.25, 0.3) is 0 Å². The molecule has 0 heterocycles. The van der Waals surface area contributed by atoms with E-state index in [4.69, 9.17) is 29.6 Å². The molecular weight excluding hydrogens is 288 g/mol. The van der Waals surface area contributed by atoms with Gasteiger partial charge in [0.2, 0.25) is 0 Å². The van der Waals surface area contributed by atoms with E-state index in [9.17, 15) is 0 Å². The number of hydrogen-bond acceptors (Lipinski definition) is 2. The molecule has 0 bridgehead atoms. The Kier molecular flexibility index (Phi) is 3.64. The van der Waals surface area contributed by atoms with Crippen molar-refractivity contribution >= 4 is 40.2 Å². The smallest absolute Gasteiger partial charge is 0.105 e. The topological polar surface area (TPSA) is 38.0 Å². The summed E-state index contributed by atoms with van der Waals surface area (Å²) in [6, 6.07) is 12.2. The summed E-state index contributed by atoms with van der Waals surface area (Å²) >= 11 is 11.1. The van der Waals surface area contributed by atoms with Crippen molar-refractivity contribution in [2.45, 2.75) is 19.3 Å². The maximum Gasteiger partial charge on any atom is 0.105 e. The molecule has 2 aromatic rings. The van der Waals surface area contributed by atoms with Gasteiger partial charge in [0.15, 0.2) is 0 Å². The average molecular weight is 303 g/mol. The van der Waals surface area contributed by atoms with Crippen molar-refractivity contribution in [3.8, 4) is 0 Å². The first-order valence-electron chi connectivity index (χ1n) is 6.61. The molecule has 20 heavy (non-hydrogen) atoms. The van der Waals surface area contributed by atoms with Gasteiger partial charge in [-0.05, 0) is 60.7 Å². The van der Waals surface area contributed by atoms with E-state index in [0.29, 0.717) is 15.6 Å². The van der Waals surface area contributed by atoms with E-state index in [1.54, 1.807) is 0 Å². The Morgan fingerprint density at radius 1 is 1.05 bits per heavy atom. The zero-order valence-electron chi connectivity index (χ0n) is 10.9. The van der Waals surface area contributed by atoms with Crippen molar-refractivity contribution in [3.63, 3.8) is 0 Å². The Morgan fingerprint density at radius 3 is 2.50 bits per heavy atom. The fraction of sp³-hybridized carbons (Fsp3) is 0.188. The molecule has 0 fully saturated rings. The second-order valence-corrected chi connectivity index (χ2v) is 5.87. The van der Waals surface area contributed by atoms with Crippen LogP contribution in [-0.4, -0.2) is 4.99 Å². The van der Waals surface area contributed by atoms with Crippen molar-refractivity contribution < 1.29 is 0 Å². The molecule has 102 valence electrons. The molecule has 0 aliphatic heterocycles. The number of benzene rings is 2. The van der Waals surface area contributed by atoms with Crippen LogP contribution in [0.2, 0.25) is 5.02 Å². The summed E-state index contributed by atoms with van der Waals surface area (Å²) in [5, 5.41) is 3.94. The van der Waals surface area contributed by atoms with Gasteiger partial charge in [-0.25, -0.2) is 0 Å². The minimum absolute atomic E-state index is 0.319. The van der Waals surface area contributed by atoms with Gasteiger partial charge in [-0.2, -0.15) is 0 Å². The van der Waals surface area contributed by atoms with Gasteiger partial charge in [0.25, 0.3) is 0 Å². The summed E-state index contributed by atoms with van der Waals surface area (Å²) in [7, 11) is 0. The summed E-state index contributed by atoms with van der Waals surface area (Å²) in [5.41, 5.74) is 11.3. The fourth-order valence-corrected chi connectivity index (χ4v) is 3.13. The van der Waals surface area contributed by atoms with Crippen LogP contribution in [0.4, 0.5) is 11.4 Å². The van der Waals surface area contributed by atoms with Crippen LogP contribution in [0.15, 0.2) is 36.4 Å². The second kappa shape index (κ2) is 5.43. The van der Waals surface area contributed by atoms with Crippen LogP contribution >= 0.6 is 23.8 Å². The number of hydrogen-bond donors (Lipinski definition) is 2. The maximum atomic E-state index is 6.18. The molecule has 0 saturated heterocycles. The molecule has 0 atom stereocenters. The molecule has 4 heteroatoms. The normalized spacial score (nSPS) is 13.1. The number of anilines is 2. The van der Waals surface area contributed by atoms with E-state index in [0.717, 1.165) is 11.4 Å². The molecule has 3 rings (SSSR count). The number of nitrogens with one attached hydrogen (secondary N) is 1. The molecule has 2 aromatic carbocycles. The van der Waals surface area contributed by atoms with Crippen molar-refractivity contribution in [3.05, 3.63) is 58.1 Å². The first kappa shape index (κ1) is 13.4. The zero-order valence-corrected chi connectivity index (χ0v) is 12.5. The number of fused-ring (bicyclic) bond motifs is 1. The first-order valence-corrected chi connectivity index (χ1v) is 7.40. The SMILES string of the molecule is NC(=S)c1ccc(Nc2ccc3c(c2)CCC3)cc1Cl. The zero-order chi connectivity index (χ0) is 14.1. The largest absolute Gasteiger partial charge is 0.389 e. The second-order valence-electron chi connectivity index (χ2n) is 5.02. The third kappa shape index (κ3) is 2.65. The average Bonchev–Trinajstić information content (AvgIpc) is 2.85. The van der Waals surface area contributed by atoms with E-state index < -0.39 is 0 Å². The Hall–Kier alpha value is -1.58. The van der Waals surface area contributed by atoms with Crippen LogP contribution < -0.4 is 11.1 Å². The van der Waals surface area contributed by atoms with Gasteiger partial charge >= 0.3 is 0 Å². The first-order chi connectivity index (χ1) is 9.63. The predicted octanol–water partition coefficient (Wildman–Crippen LogP) is 4.21. The van der Waals surface area contributed by atoms with Crippen LogP contribution in [0.1, 0.15) is 23.1 Å². The van der Waals surface area contributed by atoms with E-state index in [1.165, 1.54) is 30.4 Å². The van der Waals surface area contributed by atoms with E-state index in [-0.39, 0.29) is 0 Å². The molecule has 2 nitrogen and oxygen atoms in total. The summed E-state index contributed by atoms with van der Waals surface area (Å²) in [5.74, 6) is 0. The standard InChI is InChI=1S/C16H15ClN2S/c17-15-9-13(6-7-14(15)16(18)20)19-12-5-4-10-2-1-3-11(10)8-12/h4-9,19H,1-3H2,(H2,18,20). The van der Waals surface area contributed by atoms with Gasteiger partial charge in [0.05, 0.1) is 5.02 Å². The number of thiocarbonyl (C=S) groups is 1. The predicted molar refractivity (Wildman–Crippen MR) is 89.1 cm³/mol. The summed E-state index contributed by atoms with van der Waals surface area (Å²) in [4.78, 5) is 0.319. The highest BCUT2D eigenvalue weighted by Gasteiger charge is 2.11. The minimum atomic E-state index is 0.319. The Bertz CT molecular complexity index is 682. The Morgan fingerprint density at radius 2 is 1.75 bits per heavy atom. The van der Waals surface area contributed by atoms with Crippen molar-refractivity contribution in [1.29, 1.82) is 0 Å². The van der Waals surface area contributed by atoms with Crippen molar-refractivity contribution in [2.24, 2.45) is 5.73 Å². The number of nitrogens with two attached hydrogens (primary N) is 1. The third-order valence-electron chi connectivity index (χ3n) is 3.62. The van der Waals surface area contributed by atoms with E-state index in [1.807, 2.05) is 18.2 Å². The molecule has 1 aliphatic carbocycles. The number of halogens is 1. The van der Waals surface area contributed by atoms with Gasteiger partial charge in [-0.3, -0.25) is 0 Å². The molecule has 0 radical (unpaired) electrons. The lowest BCUT2D eigenvalue weighted by Crippen LogP contribution is -2.09. The highest BCUT2D eigenvalue weighted by Crippen LogP contribution is 2.28. The molecule has 0 aromatic heterocycles. The molecule has 1 aliphatic rings. The Balaban J connectivity index is 1.84. The fourth-order valence-electron chi connectivity index (χ4n) is 2.61. The van der Waals surface area contributed by atoms with Crippen molar-refractivity contribution in [2.75, 3.05) is 5.32 Å². The Labute approximate surface area is 128 Å². The maximum absolute atomic E-state index is 6.18. The summed E-state index contributed by atoms with van der Waals surface area (Å²) in [6.07, 6.45) is 3.63.